The molecule has 6 nitrogen and oxygen atoms in total. The van der Waals surface area contributed by atoms with Crippen LogP contribution in [0.1, 0.15) is 29.3 Å². The van der Waals surface area contributed by atoms with Crippen LogP contribution in [0.3, 0.4) is 0 Å². The van der Waals surface area contributed by atoms with Crippen molar-refractivity contribution in [2.75, 3.05) is 11.6 Å². The molecule has 2 aromatic carbocycles. The second kappa shape index (κ2) is 6.68. The first-order valence-corrected chi connectivity index (χ1v) is 9.39. The number of hydrazone groups is 1. The fourth-order valence-electron chi connectivity index (χ4n) is 2.64. The number of amides is 1. The highest BCUT2D eigenvalue weighted by molar-refractivity contribution is 7.90. The summed E-state index contributed by atoms with van der Waals surface area (Å²) in [5, 5.41) is 6.26. The topological polar surface area (TPSA) is 78.8 Å². The van der Waals surface area contributed by atoms with E-state index in [2.05, 4.69) is 9.82 Å². The fraction of sp³-hybridized carbons (Fsp3) is 0.222. The molecule has 0 atom stereocenters. The van der Waals surface area contributed by atoms with Crippen molar-refractivity contribution in [2.45, 2.75) is 25.2 Å². The van der Waals surface area contributed by atoms with Gasteiger partial charge in [0.25, 0.3) is 15.9 Å². The van der Waals surface area contributed by atoms with Gasteiger partial charge in [-0.05, 0) is 49.7 Å². The molecule has 1 heterocycles. The second-order valence-electron chi connectivity index (χ2n) is 5.96. The van der Waals surface area contributed by atoms with Crippen molar-refractivity contribution in [3.8, 4) is 0 Å². The van der Waals surface area contributed by atoms with E-state index in [1.54, 1.807) is 49.4 Å². The van der Waals surface area contributed by atoms with Crippen LogP contribution < -0.4 is 9.73 Å². The summed E-state index contributed by atoms with van der Waals surface area (Å²) in [7, 11) is -3.90. The van der Waals surface area contributed by atoms with E-state index < -0.39 is 15.9 Å². The molecule has 1 amide bonds. The second-order valence-corrected chi connectivity index (χ2v) is 7.61. The predicted molar refractivity (Wildman–Crippen MR) is 97.3 cm³/mol. The minimum atomic E-state index is -3.90. The molecule has 130 valence electrons. The Morgan fingerprint density at radius 3 is 2.36 bits per heavy atom. The molecule has 25 heavy (non-hydrogen) atoms. The lowest BCUT2D eigenvalue weighted by Crippen LogP contribution is -2.31. The number of carbonyl (C=O) groups excluding carboxylic acids is 1. The van der Waals surface area contributed by atoms with E-state index in [-0.39, 0.29) is 10.5 Å². The number of nitrogens with one attached hydrogen (secondary N) is 1. The maximum absolute atomic E-state index is 12.4. The first-order valence-electron chi connectivity index (χ1n) is 7.91. The average molecular weight is 357 g/mol. The van der Waals surface area contributed by atoms with Crippen LogP contribution in [0.4, 0.5) is 5.69 Å². The van der Waals surface area contributed by atoms with E-state index in [1.165, 1.54) is 6.07 Å². The first kappa shape index (κ1) is 17.2. The van der Waals surface area contributed by atoms with Gasteiger partial charge in [0, 0.05) is 24.2 Å². The van der Waals surface area contributed by atoms with E-state index >= 15 is 0 Å². The van der Waals surface area contributed by atoms with Crippen molar-refractivity contribution in [2.24, 2.45) is 5.10 Å². The van der Waals surface area contributed by atoms with E-state index in [4.69, 9.17) is 0 Å². The lowest BCUT2D eigenvalue weighted by atomic mass is 10.2. The third-order valence-electron chi connectivity index (χ3n) is 4.01. The predicted octanol–water partition coefficient (Wildman–Crippen LogP) is 2.70. The molecule has 0 saturated heterocycles. The summed E-state index contributed by atoms with van der Waals surface area (Å²) in [6.45, 7) is 4.46. The van der Waals surface area contributed by atoms with E-state index in [0.717, 1.165) is 24.4 Å². The number of aryl methyl sites for hydroxylation is 1. The Balaban J connectivity index is 1.76. The number of carbonyl (C=O) groups is 1. The lowest BCUT2D eigenvalue weighted by molar-refractivity contribution is 0.0981. The number of nitrogens with zero attached hydrogens (tertiary/aromatic N) is 2. The third kappa shape index (κ3) is 3.71. The summed E-state index contributed by atoms with van der Waals surface area (Å²) in [4.78, 5) is 12.4. The molecule has 0 saturated carbocycles. The number of anilines is 1. The van der Waals surface area contributed by atoms with Gasteiger partial charge in [0.2, 0.25) is 0 Å². The maximum atomic E-state index is 12.4. The zero-order valence-corrected chi connectivity index (χ0v) is 14.9. The van der Waals surface area contributed by atoms with Crippen molar-refractivity contribution in [3.05, 3.63) is 59.7 Å². The number of hydrogen-bond donors (Lipinski definition) is 1. The summed E-state index contributed by atoms with van der Waals surface area (Å²) in [5.74, 6) is -0.657. The molecule has 1 aliphatic rings. The van der Waals surface area contributed by atoms with Gasteiger partial charge < -0.3 is 0 Å². The number of hydrogen-bond acceptors (Lipinski definition) is 5. The van der Waals surface area contributed by atoms with Crippen LogP contribution >= 0.6 is 0 Å². The zero-order chi connectivity index (χ0) is 18.0. The molecule has 1 aliphatic heterocycles. The summed E-state index contributed by atoms with van der Waals surface area (Å²) < 4.78 is 26.9. The minimum absolute atomic E-state index is 0.0989. The van der Waals surface area contributed by atoms with Crippen LogP contribution in [-0.2, 0) is 10.0 Å². The quantitative estimate of drug-likeness (QED) is 0.912. The van der Waals surface area contributed by atoms with E-state index in [9.17, 15) is 13.2 Å². The smallest absolute Gasteiger partial charge is 0.264 e. The number of rotatable bonds is 4. The van der Waals surface area contributed by atoms with Gasteiger partial charge in [0.05, 0.1) is 10.6 Å². The number of sulfonamides is 1. The summed E-state index contributed by atoms with van der Waals surface area (Å²) in [6.07, 6.45) is 0.914. The van der Waals surface area contributed by atoms with Crippen molar-refractivity contribution < 1.29 is 13.2 Å². The molecule has 0 radical (unpaired) electrons. The Morgan fingerprint density at radius 2 is 1.76 bits per heavy atom. The van der Waals surface area contributed by atoms with Gasteiger partial charge in [0.15, 0.2) is 0 Å². The van der Waals surface area contributed by atoms with Gasteiger partial charge in [-0.3, -0.25) is 9.80 Å². The Morgan fingerprint density at radius 1 is 1.08 bits per heavy atom. The van der Waals surface area contributed by atoms with Crippen LogP contribution in [0.15, 0.2) is 58.5 Å². The minimum Gasteiger partial charge on any atom is -0.268 e. The largest absolute Gasteiger partial charge is 0.268 e. The summed E-state index contributed by atoms with van der Waals surface area (Å²) >= 11 is 0. The Labute approximate surface area is 147 Å². The molecule has 0 spiro atoms. The van der Waals surface area contributed by atoms with Gasteiger partial charge in [-0.2, -0.15) is 5.10 Å². The molecule has 0 unspecified atom stereocenters. The summed E-state index contributed by atoms with van der Waals surface area (Å²) in [6, 6.07) is 13.3. The Bertz CT molecular complexity index is 934. The first-order chi connectivity index (χ1) is 11.9. The molecule has 0 fully saturated rings. The van der Waals surface area contributed by atoms with Crippen LogP contribution in [0.5, 0.6) is 0 Å². The highest BCUT2D eigenvalue weighted by Gasteiger charge is 2.20. The monoisotopic (exact) mass is 357 g/mol. The van der Waals surface area contributed by atoms with Crippen LogP contribution in [0.25, 0.3) is 0 Å². The molecule has 2 aromatic rings. The third-order valence-corrected chi connectivity index (χ3v) is 5.51. The fourth-order valence-corrected chi connectivity index (χ4v) is 3.86. The van der Waals surface area contributed by atoms with Crippen molar-refractivity contribution in [1.82, 2.24) is 4.72 Å². The van der Waals surface area contributed by atoms with Crippen LogP contribution in [-0.4, -0.2) is 26.6 Å². The lowest BCUT2D eigenvalue weighted by Gasteiger charge is -2.14. The normalized spacial score (nSPS) is 14.3. The molecular weight excluding hydrogens is 338 g/mol. The summed E-state index contributed by atoms with van der Waals surface area (Å²) in [5.41, 5.74) is 2.79. The molecule has 0 bridgehead atoms. The van der Waals surface area contributed by atoms with Crippen LogP contribution in [0, 0.1) is 6.92 Å². The van der Waals surface area contributed by atoms with Crippen molar-refractivity contribution >= 4 is 27.3 Å². The maximum Gasteiger partial charge on any atom is 0.264 e. The molecule has 7 heteroatoms. The molecule has 3 rings (SSSR count). The highest BCUT2D eigenvalue weighted by atomic mass is 32.2. The molecule has 0 aromatic heterocycles. The van der Waals surface area contributed by atoms with Gasteiger partial charge in [-0.1, -0.05) is 18.2 Å². The van der Waals surface area contributed by atoms with Gasteiger partial charge in [-0.15, -0.1) is 0 Å². The SMILES string of the molecule is CC1=NN(c2ccc(C(=O)NS(=O)(=O)c3ccccc3C)cc2)CC1. The van der Waals surface area contributed by atoms with Crippen LogP contribution in [0.2, 0.25) is 0 Å². The number of benzene rings is 2. The van der Waals surface area contributed by atoms with E-state index in [0.29, 0.717) is 5.56 Å². The Kier molecular flexibility index (Phi) is 4.59. The van der Waals surface area contributed by atoms with Gasteiger partial charge >= 0.3 is 0 Å². The zero-order valence-electron chi connectivity index (χ0n) is 14.1. The average Bonchev–Trinajstić information content (AvgIpc) is 3.01. The molecule has 1 N–H and O–H groups in total. The van der Waals surface area contributed by atoms with Crippen molar-refractivity contribution in [3.63, 3.8) is 0 Å². The highest BCUT2D eigenvalue weighted by Crippen LogP contribution is 2.20. The van der Waals surface area contributed by atoms with Gasteiger partial charge in [-0.25, -0.2) is 13.1 Å². The molecular formula is C18H19N3O3S. The molecule has 0 aliphatic carbocycles. The van der Waals surface area contributed by atoms with Gasteiger partial charge in [0.1, 0.15) is 0 Å². The van der Waals surface area contributed by atoms with E-state index in [1.807, 2.05) is 11.9 Å². The Hall–Kier alpha value is -2.67. The van der Waals surface area contributed by atoms with Crippen molar-refractivity contribution in [1.29, 1.82) is 0 Å². The standard InChI is InChI=1S/C18H19N3O3S/c1-13-5-3-4-6-17(13)25(23,24)20-18(22)15-7-9-16(10-8-15)21-12-11-14(2)19-21/h3-10H,11-12H2,1-2H3,(H,20,22).